The molecule has 0 saturated carbocycles. The molecule has 7 nitrogen and oxygen atoms in total. The van der Waals surface area contributed by atoms with E-state index >= 15 is 0 Å². The normalized spacial score (nSPS) is 17.8. The van der Waals surface area contributed by atoms with Crippen LogP contribution in [0.4, 0.5) is 11.4 Å². The third-order valence-corrected chi connectivity index (χ3v) is 6.48. The van der Waals surface area contributed by atoms with Gasteiger partial charge < -0.3 is 24.8 Å². The third kappa shape index (κ3) is 4.56. The molecule has 178 valence electrons. The Hall–Kier alpha value is -3.23. The van der Waals surface area contributed by atoms with Crippen LogP contribution >= 0.6 is 12.2 Å². The number of amides is 1. The molecule has 0 aliphatic carbocycles. The highest BCUT2D eigenvalue weighted by atomic mass is 32.1. The van der Waals surface area contributed by atoms with E-state index in [9.17, 15) is 4.79 Å². The maximum absolute atomic E-state index is 11.9. The number of carbonyl (C=O) groups excluding carboxylic acids is 1. The van der Waals surface area contributed by atoms with E-state index in [0.29, 0.717) is 16.8 Å². The first-order valence-electron chi connectivity index (χ1n) is 11.4. The van der Waals surface area contributed by atoms with Gasteiger partial charge in [-0.05, 0) is 87.9 Å². The maximum Gasteiger partial charge on any atom is 0.250 e. The average Bonchev–Trinajstić information content (AvgIpc) is 3.30. The number of nitrogens with one attached hydrogen (secondary N) is 2. The van der Waals surface area contributed by atoms with Gasteiger partial charge in [0.05, 0.1) is 17.8 Å². The number of thiocarbonyl (C=S) groups is 1. The third-order valence-electron chi connectivity index (χ3n) is 6.16. The number of rotatable bonds is 7. The summed E-state index contributed by atoms with van der Waals surface area (Å²) < 4.78 is 7.26. The molecule has 4 rings (SSSR count). The van der Waals surface area contributed by atoms with E-state index in [1.54, 1.807) is 0 Å². The molecule has 0 unspecified atom stereocenters. The van der Waals surface area contributed by atoms with Gasteiger partial charge in [0, 0.05) is 42.1 Å². The molecule has 3 heterocycles. The van der Waals surface area contributed by atoms with Gasteiger partial charge in [0.2, 0.25) is 5.91 Å². The minimum absolute atomic E-state index is 0.0151. The maximum atomic E-state index is 11.9. The van der Waals surface area contributed by atoms with E-state index in [1.807, 2.05) is 48.7 Å². The Morgan fingerprint density at radius 3 is 2.53 bits per heavy atom. The highest BCUT2D eigenvalue weighted by molar-refractivity contribution is 7.80. The van der Waals surface area contributed by atoms with Crippen LogP contribution in [0, 0.1) is 13.8 Å². The summed E-state index contributed by atoms with van der Waals surface area (Å²) in [6.07, 6.45) is 1.81. The zero-order valence-electron chi connectivity index (χ0n) is 20.2. The number of carbonyl (C=O) groups is 1. The molecule has 1 aliphatic rings. The standard InChI is InChI=1S/C26H31N5O2S/c1-16(2)30-17(3)14-21(18(30)4)25-24(22-8-6-7-13-27-22)29-26(34)31(25)20-11-9-19(10-12-20)28-23(32)15-33-5/h6-14,16,24-25H,15H2,1-5H3,(H,28,32)(H,29,34)/t24-,25+/m0/s1. The number of nitrogens with zero attached hydrogens (tertiary/aromatic N) is 3. The predicted molar refractivity (Wildman–Crippen MR) is 139 cm³/mol. The summed E-state index contributed by atoms with van der Waals surface area (Å²) >= 11 is 5.84. The first kappa shape index (κ1) is 23.9. The fraction of sp³-hybridized carbons (Fsp3) is 0.346. The van der Waals surface area contributed by atoms with Crippen molar-refractivity contribution < 1.29 is 9.53 Å². The number of pyridine rings is 1. The Balaban J connectivity index is 1.76. The molecule has 3 aromatic rings. The van der Waals surface area contributed by atoms with Crippen molar-refractivity contribution >= 4 is 34.6 Å². The number of methoxy groups -OCH3 is 1. The Morgan fingerprint density at radius 1 is 1.21 bits per heavy atom. The van der Waals surface area contributed by atoms with E-state index in [2.05, 4.69) is 58.8 Å². The molecule has 1 amide bonds. The molecule has 2 N–H and O–H groups in total. The molecule has 2 atom stereocenters. The van der Waals surface area contributed by atoms with Gasteiger partial charge in [-0.3, -0.25) is 9.78 Å². The first-order valence-corrected chi connectivity index (χ1v) is 11.8. The van der Waals surface area contributed by atoms with Crippen LogP contribution in [0.15, 0.2) is 54.7 Å². The number of hydrogen-bond acceptors (Lipinski definition) is 4. The summed E-state index contributed by atoms with van der Waals surface area (Å²) in [5.41, 5.74) is 6.25. The van der Waals surface area contributed by atoms with Gasteiger partial charge in [-0.1, -0.05) is 6.07 Å². The number of benzene rings is 1. The van der Waals surface area contributed by atoms with Gasteiger partial charge in [-0.2, -0.15) is 0 Å². The smallest absolute Gasteiger partial charge is 0.250 e. The van der Waals surface area contributed by atoms with Crippen molar-refractivity contribution in [1.82, 2.24) is 14.9 Å². The van der Waals surface area contributed by atoms with Crippen molar-refractivity contribution in [3.8, 4) is 0 Å². The molecule has 34 heavy (non-hydrogen) atoms. The lowest BCUT2D eigenvalue weighted by Gasteiger charge is -2.28. The van der Waals surface area contributed by atoms with Crippen molar-refractivity contribution in [1.29, 1.82) is 0 Å². The van der Waals surface area contributed by atoms with Gasteiger partial charge in [0.25, 0.3) is 0 Å². The molecule has 1 aliphatic heterocycles. The lowest BCUT2D eigenvalue weighted by atomic mass is 9.96. The van der Waals surface area contributed by atoms with Gasteiger partial charge in [-0.25, -0.2) is 0 Å². The summed E-state index contributed by atoms with van der Waals surface area (Å²) in [5, 5.41) is 7.00. The van der Waals surface area contributed by atoms with Crippen LogP contribution in [-0.2, 0) is 9.53 Å². The number of aromatic nitrogens is 2. The molecule has 0 bridgehead atoms. The fourth-order valence-corrected chi connectivity index (χ4v) is 5.23. The van der Waals surface area contributed by atoms with Gasteiger partial charge >= 0.3 is 0 Å². The van der Waals surface area contributed by atoms with Crippen LogP contribution in [-0.4, -0.2) is 34.3 Å². The largest absolute Gasteiger partial charge is 0.375 e. The molecular weight excluding hydrogens is 446 g/mol. The first-order chi connectivity index (χ1) is 16.3. The highest BCUT2D eigenvalue weighted by Gasteiger charge is 2.42. The summed E-state index contributed by atoms with van der Waals surface area (Å²) in [4.78, 5) is 18.7. The Kier molecular flexibility index (Phi) is 7.00. The van der Waals surface area contributed by atoms with Crippen LogP contribution in [0.2, 0.25) is 0 Å². The average molecular weight is 478 g/mol. The Morgan fingerprint density at radius 2 is 1.94 bits per heavy atom. The second kappa shape index (κ2) is 9.95. The SMILES string of the molecule is COCC(=O)Nc1ccc(N2C(=S)N[C@@H](c3ccccn3)[C@H]2c2cc(C)n(C(C)C)c2C)cc1. The van der Waals surface area contributed by atoms with Gasteiger partial charge in [0.1, 0.15) is 6.61 Å². The van der Waals surface area contributed by atoms with Crippen LogP contribution in [0.3, 0.4) is 0 Å². The summed E-state index contributed by atoms with van der Waals surface area (Å²) in [6, 6.07) is 16.1. The lowest BCUT2D eigenvalue weighted by Crippen LogP contribution is -2.29. The molecule has 0 radical (unpaired) electrons. The van der Waals surface area contributed by atoms with E-state index in [1.165, 1.54) is 24.1 Å². The minimum atomic E-state index is -0.192. The van der Waals surface area contributed by atoms with Crippen molar-refractivity contribution in [3.63, 3.8) is 0 Å². The highest BCUT2D eigenvalue weighted by Crippen LogP contribution is 2.43. The second-order valence-electron chi connectivity index (χ2n) is 8.81. The number of anilines is 2. The summed E-state index contributed by atoms with van der Waals surface area (Å²) in [6.45, 7) is 8.74. The van der Waals surface area contributed by atoms with Crippen LogP contribution < -0.4 is 15.5 Å². The summed E-state index contributed by atoms with van der Waals surface area (Å²) in [5.74, 6) is -0.192. The molecule has 1 saturated heterocycles. The Labute approximate surface area is 206 Å². The van der Waals surface area contributed by atoms with Crippen molar-refractivity contribution in [3.05, 3.63) is 77.4 Å². The zero-order chi connectivity index (χ0) is 24.4. The quantitative estimate of drug-likeness (QED) is 0.475. The van der Waals surface area contributed by atoms with Crippen molar-refractivity contribution in [2.75, 3.05) is 23.9 Å². The van der Waals surface area contributed by atoms with E-state index in [0.717, 1.165) is 11.4 Å². The van der Waals surface area contributed by atoms with Crippen LogP contribution in [0.1, 0.15) is 54.6 Å². The summed E-state index contributed by atoms with van der Waals surface area (Å²) in [7, 11) is 1.50. The van der Waals surface area contributed by atoms with Gasteiger partial charge in [0.15, 0.2) is 5.11 Å². The Bertz CT molecular complexity index is 1170. The van der Waals surface area contributed by atoms with Crippen LogP contribution in [0.25, 0.3) is 0 Å². The predicted octanol–water partition coefficient (Wildman–Crippen LogP) is 4.84. The molecule has 0 spiro atoms. The number of ether oxygens (including phenoxy) is 1. The molecule has 1 aromatic carbocycles. The second-order valence-corrected chi connectivity index (χ2v) is 9.20. The van der Waals surface area contributed by atoms with Crippen molar-refractivity contribution in [2.24, 2.45) is 0 Å². The van der Waals surface area contributed by atoms with E-state index in [-0.39, 0.29) is 24.6 Å². The molecule has 1 fully saturated rings. The molecule has 8 heteroatoms. The van der Waals surface area contributed by atoms with Crippen molar-refractivity contribution in [2.45, 2.75) is 45.8 Å². The lowest BCUT2D eigenvalue weighted by molar-refractivity contribution is -0.119. The monoisotopic (exact) mass is 477 g/mol. The number of aryl methyl sites for hydroxylation is 1. The minimum Gasteiger partial charge on any atom is -0.375 e. The fourth-order valence-electron chi connectivity index (χ4n) is 4.88. The molecule has 2 aromatic heterocycles. The van der Waals surface area contributed by atoms with E-state index in [4.69, 9.17) is 17.0 Å². The van der Waals surface area contributed by atoms with Crippen LogP contribution in [0.5, 0.6) is 0 Å². The number of hydrogen-bond donors (Lipinski definition) is 2. The topological polar surface area (TPSA) is 71.4 Å². The van der Waals surface area contributed by atoms with E-state index < -0.39 is 0 Å². The molecular formula is C26H31N5O2S. The zero-order valence-corrected chi connectivity index (χ0v) is 21.0. The van der Waals surface area contributed by atoms with Gasteiger partial charge in [-0.15, -0.1) is 0 Å².